The van der Waals surface area contributed by atoms with E-state index in [1.54, 1.807) is 4.90 Å². The molecule has 2 amide bonds. The molecule has 1 aliphatic rings. The van der Waals surface area contributed by atoms with E-state index in [0.717, 1.165) is 41.9 Å². The first-order valence-electron chi connectivity index (χ1n) is 13.3. The van der Waals surface area contributed by atoms with Crippen molar-refractivity contribution in [3.63, 3.8) is 0 Å². The van der Waals surface area contributed by atoms with Crippen molar-refractivity contribution in [3.8, 4) is 0 Å². The molecule has 3 aromatic carbocycles. The lowest BCUT2D eigenvalue weighted by molar-refractivity contribution is -0.138. The maximum absolute atomic E-state index is 14.2. The number of carbonyl (C=O) groups excluding carboxylic acids is 2. The Morgan fingerprint density at radius 3 is 1.97 bits per heavy atom. The Morgan fingerprint density at radius 1 is 0.892 bits per heavy atom. The zero-order valence-corrected chi connectivity index (χ0v) is 21.8. The largest absolute Gasteiger partial charge is 0.353 e. The van der Waals surface area contributed by atoms with Crippen LogP contribution in [0.25, 0.3) is 6.08 Å². The molecule has 0 bridgehead atoms. The van der Waals surface area contributed by atoms with Gasteiger partial charge in [-0.2, -0.15) is 0 Å². The molecule has 1 aliphatic heterocycles. The minimum Gasteiger partial charge on any atom is -0.353 e. The van der Waals surface area contributed by atoms with Crippen LogP contribution in [0.2, 0.25) is 0 Å². The van der Waals surface area contributed by atoms with Gasteiger partial charge < -0.3 is 15.1 Å². The van der Waals surface area contributed by atoms with Gasteiger partial charge in [0.15, 0.2) is 0 Å². The predicted molar refractivity (Wildman–Crippen MR) is 150 cm³/mol. The molecule has 0 aromatic heterocycles. The van der Waals surface area contributed by atoms with Crippen LogP contribution in [0.5, 0.6) is 0 Å². The van der Waals surface area contributed by atoms with Crippen LogP contribution >= 0.6 is 0 Å². The monoisotopic (exact) mass is 495 g/mol. The zero-order chi connectivity index (χ0) is 26.0. The van der Waals surface area contributed by atoms with Gasteiger partial charge in [-0.15, -0.1) is 0 Å². The lowest BCUT2D eigenvalue weighted by atomic mass is 9.90. The maximum atomic E-state index is 14.2. The van der Waals surface area contributed by atoms with Crippen LogP contribution < -0.4 is 5.32 Å². The molecule has 1 atom stereocenters. The van der Waals surface area contributed by atoms with Crippen LogP contribution in [0.15, 0.2) is 96.6 Å². The fraction of sp³-hybridized carbons (Fsp3) is 0.312. The van der Waals surface area contributed by atoms with E-state index < -0.39 is 12.0 Å². The average Bonchev–Trinajstić information content (AvgIpc) is 3.37. The summed E-state index contributed by atoms with van der Waals surface area (Å²) in [6.07, 6.45) is 2.65. The zero-order valence-electron chi connectivity index (χ0n) is 21.8. The normalized spacial score (nSPS) is 16.5. The van der Waals surface area contributed by atoms with E-state index in [1.165, 1.54) is 0 Å². The molecular formula is C32H37N3O2. The van der Waals surface area contributed by atoms with Crippen molar-refractivity contribution >= 4 is 17.9 Å². The summed E-state index contributed by atoms with van der Waals surface area (Å²) in [5, 5.41) is 3.11. The number of benzene rings is 3. The van der Waals surface area contributed by atoms with Crippen molar-refractivity contribution < 1.29 is 9.59 Å². The molecule has 5 heteroatoms. The topological polar surface area (TPSA) is 52.7 Å². The van der Waals surface area contributed by atoms with Gasteiger partial charge in [0.1, 0.15) is 6.04 Å². The molecule has 1 N–H and O–H groups in total. The smallest absolute Gasteiger partial charge is 0.243 e. The van der Waals surface area contributed by atoms with E-state index in [1.807, 2.05) is 91.0 Å². The van der Waals surface area contributed by atoms with Crippen molar-refractivity contribution in [3.05, 3.63) is 113 Å². The first kappa shape index (κ1) is 26.4. The SMILES string of the molecule is CCN(CC)CCNC(=O)C1CC(=Cc2ccccc2)CN1C(=O)C(c1ccccc1)c1ccccc1. The van der Waals surface area contributed by atoms with Crippen molar-refractivity contribution in [1.82, 2.24) is 15.1 Å². The summed E-state index contributed by atoms with van der Waals surface area (Å²) in [4.78, 5) is 31.8. The molecule has 0 aliphatic carbocycles. The highest BCUT2D eigenvalue weighted by Gasteiger charge is 2.40. The third-order valence-electron chi connectivity index (χ3n) is 7.10. The Morgan fingerprint density at radius 2 is 1.43 bits per heavy atom. The van der Waals surface area contributed by atoms with Gasteiger partial charge in [0.25, 0.3) is 0 Å². The average molecular weight is 496 g/mol. The quantitative estimate of drug-likeness (QED) is 0.433. The van der Waals surface area contributed by atoms with Crippen molar-refractivity contribution in [2.75, 3.05) is 32.7 Å². The molecule has 0 spiro atoms. The van der Waals surface area contributed by atoms with Crippen molar-refractivity contribution in [2.24, 2.45) is 0 Å². The molecule has 1 heterocycles. The van der Waals surface area contributed by atoms with E-state index in [4.69, 9.17) is 0 Å². The van der Waals surface area contributed by atoms with Gasteiger partial charge in [-0.3, -0.25) is 9.59 Å². The number of amides is 2. The minimum absolute atomic E-state index is 0.0437. The number of nitrogens with zero attached hydrogens (tertiary/aromatic N) is 2. The Labute approximate surface area is 220 Å². The number of nitrogens with one attached hydrogen (secondary N) is 1. The summed E-state index contributed by atoms with van der Waals surface area (Å²) >= 11 is 0. The number of hydrogen-bond donors (Lipinski definition) is 1. The Bertz CT molecular complexity index is 1130. The minimum atomic E-state index is -0.533. The number of hydrogen-bond acceptors (Lipinski definition) is 3. The summed E-state index contributed by atoms with van der Waals surface area (Å²) in [7, 11) is 0. The second kappa shape index (κ2) is 13.0. The molecule has 1 unspecified atom stereocenters. The molecule has 37 heavy (non-hydrogen) atoms. The van der Waals surface area contributed by atoms with E-state index >= 15 is 0 Å². The molecule has 0 radical (unpaired) electrons. The molecule has 0 saturated carbocycles. The molecule has 3 aromatic rings. The Hall–Kier alpha value is -3.70. The van der Waals surface area contributed by atoms with Gasteiger partial charge in [0.05, 0.1) is 5.92 Å². The van der Waals surface area contributed by atoms with Crippen LogP contribution in [0.3, 0.4) is 0 Å². The van der Waals surface area contributed by atoms with Crippen molar-refractivity contribution in [2.45, 2.75) is 32.2 Å². The van der Waals surface area contributed by atoms with Crippen LogP contribution in [0.4, 0.5) is 0 Å². The number of likely N-dealkylation sites (N-methyl/N-ethyl adjacent to an activating group) is 1. The summed E-state index contributed by atoms with van der Waals surface area (Å²) in [5.74, 6) is -0.598. The first-order chi connectivity index (χ1) is 18.1. The van der Waals surface area contributed by atoms with Gasteiger partial charge in [-0.1, -0.05) is 111 Å². The number of rotatable bonds is 10. The Balaban J connectivity index is 1.62. The molecule has 4 rings (SSSR count). The maximum Gasteiger partial charge on any atom is 0.243 e. The van der Waals surface area contributed by atoms with Gasteiger partial charge >= 0.3 is 0 Å². The lowest BCUT2D eigenvalue weighted by Crippen LogP contribution is -2.48. The van der Waals surface area contributed by atoms with Gasteiger partial charge in [-0.05, 0) is 41.8 Å². The summed E-state index contributed by atoms with van der Waals surface area (Å²) in [6.45, 7) is 7.94. The Kier molecular flexibility index (Phi) is 9.28. The fourth-order valence-corrected chi connectivity index (χ4v) is 5.04. The lowest BCUT2D eigenvalue weighted by Gasteiger charge is -2.29. The second-order valence-corrected chi connectivity index (χ2v) is 9.47. The molecule has 1 fully saturated rings. The second-order valence-electron chi connectivity index (χ2n) is 9.47. The summed E-state index contributed by atoms with van der Waals surface area (Å²) in [5.41, 5.74) is 4.03. The first-order valence-corrected chi connectivity index (χ1v) is 13.3. The number of carbonyl (C=O) groups is 2. The van der Waals surface area contributed by atoms with Gasteiger partial charge in [-0.25, -0.2) is 0 Å². The standard InChI is InChI=1S/C32H37N3O2/c1-3-34(4-2)21-20-33-31(36)29-23-26(22-25-14-8-5-9-15-25)24-35(29)32(37)30(27-16-10-6-11-17-27)28-18-12-7-13-19-28/h5-19,22,29-30H,3-4,20-21,23-24H2,1-2H3,(H,33,36). The molecule has 192 valence electrons. The van der Waals surface area contributed by atoms with Crippen LogP contribution in [0.1, 0.15) is 42.9 Å². The highest BCUT2D eigenvalue weighted by Crippen LogP contribution is 2.32. The van der Waals surface area contributed by atoms with E-state index in [9.17, 15) is 9.59 Å². The van der Waals surface area contributed by atoms with E-state index in [0.29, 0.717) is 19.5 Å². The highest BCUT2D eigenvalue weighted by molar-refractivity contribution is 5.94. The van der Waals surface area contributed by atoms with Crippen LogP contribution in [-0.4, -0.2) is 60.4 Å². The third kappa shape index (κ3) is 6.75. The van der Waals surface area contributed by atoms with E-state index in [2.05, 4.69) is 30.1 Å². The summed E-state index contributed by atoms with van der Waals surface area (Å²) < 4.78 is 0. The van der Waals surface area contributed by atoms with Crippen molar-refractivity contribution in [1.29, 1.82) is 0 Å². The number of likely N-dealkylation sites (tertiary alicyclic amines) is 1. The van der Waals surface area contributed by atoms with E-state index in [-0.39, 0.29) is 11.8 Å². The predicted octanol–water partition coefficient (Wildman–Crippen LogP) is 4.96. The van der Waals surface area contributed by atoms with Crippen LogP contribution in [-0.2, 0) is 9.59 Å². The van der Waals surface area contributed by atoms with Crippen LogP contribution in [0, 0.1) is 0 Å². The molecule has 5 nitrogen and oxygen atoms in total. The highest BCUT2D eigenvalue weighted by atomic mass is 16.2. The van der Waals surface area contributed by atoms with Gasteiger partial charge in [0.2, 0.25) is 11.8 Å². The van der Waals surface area contributed by atoms with Gasteiger partial charge in [0, 0.05) is 19.6 Å². The summed E-state index contributed by atoms with van der Waals surface area (Å²) in [6, 6.07) is 29.3. The molecular weight excluding hydrogens is 458 g/mol. The fourth-order valence-electron chi connectivity index (χ4n) is 5.04. The third-order valence-corrected chi connectivity index (χ3v) is 7.10. The molecule has 1 saturated heterocycles.